The largest absolute Gasteiger partial charge is 0.481 e. The molecule has 1 aromatic carbocycles. The molecule has 2 aromatic rings. The van der Waals surface area contributed by atoms with Gasteiger partial charge in [-0.15, -0.1) is 0 Å². The molecule has 1 amide bonds. The Labute approximate surface area is 145 Å². The molecule has 2 heterocycles. The highest BCUT2D eigenvalue weighted by atomic mass is 32.2. The van der Waals surface area contributed by atoms with E-state index in [1.165, 1.54) is 11.0 Å². The van der Waals surface area contributed by atoms with E-state index >= 15 is 0 Å². The minimum absolute atomic E-state index is 0.111. The van der Waals surface area contributed by atoms with Gasteiger partial charge in [-0.3, -0.25) is 9.59 Å². The third kappa shape index (κ3) is 3.65. The Morgan fingerprint density at radius 3 is 2.76 bits per heavy atom. The number of benzene rings is 1. The molecule has 6 nitrogen and oxygen atoms in total. The van der Waals surface area contributed by atoms with Gasteiger partial charge in [0.05, 0.1) is 12.5 Å². The van der Waals surface area contributed by atoms with Crippen LogP contribution < -0.4 is 0 Å². The lowest BCUT2D eigenvalue weighted by molar-refractivity contribution is -0.138. The van der Waals surface area contributed by atoms with E-state index in [1.807, 2.05) is 0 Å². The normalized spacial score (nSPS) is 17.5. The number of nitrogens with zero attached hydrogens (tertiary/aromatic N) is 2. The maximum absolute atomic E-state index is 13.8. The van der Waals surface area contributed by atoms with Crippen LogP contribution in [0.2, 0.25) is 0 Å². The summed E-state index contributed by atoms with van der Waals surface area (Å²) < 4.78 is 32.7. The molecule has 1 N–H and O–H groups in total. The number of oxazole rings is 1. The average Bonchev–Trinajstić information content (AvgIpc) is 3.03. The average molecular weight is 368 g/mol. The molecule has 1 atom stereocenters. The van der Waals surface area contributed by atoms with Gasteiger partial charge in [0.1, 0.15) is 23.5 Å². The Morgan fingerprint density at radius 1 is 1.36 bits per heavy atom. The molecule has 1 aliphatic heterocycles. The van der Waals surface area contributed by atoms with Crippen molar-refractivity contribution >= 4 is 23.6 Å². The third-order valence-electron chi connectivity index (χ3n) is 3.80. The van der Waals surface area contributed by atoms with Gasteiger partial charge in [-0.1, -0.05) is 6.07 Å². The summed E-state index contributed by atoms with van der Waals surface area (Å²) in [5, 5.41) is 8.99. The quantitative estimate of drug-likeness (QED) is 0.893. The van der Waals surface area contributed by atoms with Gasteiger partial charge in [0.25, 0.3) is 5.91 Å². The molecule has 1 saturated heterocycles. The summed E-state index contributed by atoms with van der Waals surface area (Å²) in [5.41, 5.74) is -0.558. The van der Waals surface area contributed by atoms with Crippen LogP contribution in [0.25, 0.3) is 11.5 Å². The van der Waals surface area contributed by atoms with Gasteiger partial charge in [-0.2, -0.15) is 11.8 Å². The standard InChI is InChI=1S/C16H14F2N2O4S/c17-10-2-1-3-11(18)14(10)15-19-12(7-24-15)16(23)20-4-5-25-8-9(20)6-13(21)22/h1-3,7,9H,4-6,8H2,(H,21,22). The number of hydrogen-bond donors (Lipinski definition) is 1. The first kappa shape index (κ1) is 17.4. The van der Waals surface area contributed by atoms with Crippen molar-refractivity contribution in [2.45, 2.75) is 12.5 Å². The number of halogens is 2. The van der Waals surface area contributed by atoms with Gasteiger partial charge in [0.2, 0.25) is 5.89 Å². The summed E-state index contributed by atoms with van der Waals surface area (Å²) in [7, 11) is 0. The highest BCUT2D eigenvalue weighted by Gasteiger charge is 2.31. The number of aromatic nitrogens is 1. The second-order valence-corrected chi connectivity index (χ2v) is 6.61. The van der Waals surface area contributed by atoms with Crippen LogP contribution >= 0.6 is 11.8 Å². The zero-order valence-corrected chi connectivity index (χ0v) is 13.8. The molecule has 1 unspecified atom stereocenters. The molecule has 1 aromatic heterocycles. The van der Waals surface area contributed by atoms with Crippen LogP contribution in [0.15, 0.2) is 28.9 Å². The SMILES string of the molecule is O=C(O)CC1CSCCN1C(=O)c1coc(-c2c(F)cccc2F)n1. The molecule has 0 saturated carbocycles. The predicted molar refractivity (Wildman–Crippen MR) is 86.3 cm³/mol. The number of carboxylic acids is 1. The van der Waals surface area contributed by atoms with E-state index in [0.29, 0.717) is 18.1 Å². The molecular weight excluding hydrogens is 354 g/mol. The van der Waals surface area contributed by atoms with Crippen molar-refractivity contribution in [1.29, 1.82) is 0 Å². The molecule has 1 fully saturated rings. The second-order valence-electron chi connectivity index (χ2n) is 5.46. The Balaban J connectivity index is 1.86. The van der Waals surface area contributed by atoms with Gasteiger partial charge < -0.3 is 14.4 Å². The first-order valence-electron chi connectivity index (χ1n) is 7.47. The Kier molecular flexibility index (Phi) is 5.03. The van der Waals surface area contributed by atoms with Crippen molar-refractivity contribution in [3.63, 3.8) is 0 Å². The van der Waals surface area contributed by atoms with Crippen molar-refractivity contribution in [1.82, 2.24) is 9.88 Å². The molecule has 0 aliphatic carbocycles. The monoisotopic (exact) mass is 368 g/mol. The number of rotatable bonds is 4. The van der Waals surface area contributed by atoms with Crippen molar-refractivity contribution in [2.24, 2.45) is 0 Å². The molecule has 0 radical (unpaired) electrons. The number of thioether (sulfide) groups is 1. The van der Waals surface area contributed by atoms with E-state index in [-0.39, 0.29) is 18.0 Å². The van der Waals surface area contributed by atoms with Gasteiger partial charge in [-0.05, 0) is 12.1 Å². The Bertz CT molecular complexity index is 791. The maximum Gasteiger partial charge on any atom is 0.305 e. The number of aliphatic carboxylic acids is 1. The molecular formula is C16H14F2N2O4S. The van der Waals surface area contributed by atoms with E-state index in [2.05, 4.69) is 4.98 Å². The fourth-order valence-electron chi connectivity index (χ4n) is 2.63. The van der Waals surface area contributed by atoms with Crippen LogP contribution in [0.1, 0.15) is 16.9 Å². The van der Waals surface area contributed by atoms with Crippen LogP contribution in [0.3, 0.4) is 0 Å². The third-order valence-corrected chi connectivity index (χ3v) is 4.89. The van der Waals surface area contributed by atoms with Crippen LogP contribution in [-0.4, -0.2) is 51.0 Å². The van der Waals surface area contributed by atoms with Crippen LogP contribution in [0.4, 0.5) is 8.78 Å². The molecule has 0 spiro atoms. The van der Waals surface area contributed by atoms with Gasteiger partial charge in [0.15, 0.2) is 5.69 Å². The van der Waals surface area contributed by atoms with E-state index in [1.54, 1.807) is 11.8 Å². The minimum Gasteiger partial charge on any atom is -0.481 e. The van der Waals surface area contributed by atoms with Crippen LogP contribution in [0, 0.1) is 11.6 Å². The van der Waals surface area contributed by atoms with E-state index in [9.17, 15) is 18.4 Å². The van der Waals surface area contributed by atoms with Crippen molar-refractivity contribution in [2.75, 3.05) is 18.1 Å². The van der Waals surface area contributed by atoms with Crippen molar-refractivity contribution in [3.05, 3.63) is 41.8 Å². The first-order chi connectivity index (χ1) is 12.0. The van der Waals surface area contributed by atoms with Crippen LogP contribution in [0.5, 0.6) is 0 Å². The van der Waals surface area contributed by atoms with Crippen molar-refractivity contribution in [3.8, 4) is 11.5 Å². The van der Waals surface area contributed by atoms with E-state index < -0.39 is 35.1 Å². The lowest BCUT2D eigenvalue weighted by Gasteiger charge is -2.34. The molecule has 1 aliphatic rings. The topological polar surface area (TPSA) is 83.6 Å². The van der Waals surface area contributed by atoms with Gasteiger partial charge in [-0.25, -0.2) is 13.8 Å². The fourth-order valence-corrected chi connectivity index (χ4v) is 3.69. The fraction of sp³-hybridized carbons (Fsp3) is 0.312. The highest BCUT2D eigenvalue weighted by molar-refractivity contribution is 7.99. The molecule has 9 heteroatoms. The number of amides is 1. The summed E-state index contributed by atoms with van der Waals surface area (Å²) in [6.45, 7) is 0.373. The maximum atomic E-state index is 13.8. The predicted octanol–water partition coefficient (Wildman–Crippen LogP) is 2.65. The number of carbonyl (C=O) groups is 2. The summed E-state index contributed by atoms with van der Waals surface area (Å²) in [5.74, 6) is -2.37. The zero-order valence-electron chi connectivity index (χ0n) is 12.9. The zero-order chi connectivity index (χ0) is 18.0. The molecule has 0 bridgehead atoms. The Hall–Kier alpha value is -2.42. The highest BCUT2D eigenvalue weighted by Crippen LogP contribution is 2.27. The molecule has 25 heavy (non-hydrogen) atoms. The Morgan fingerprint density at radius 2 is 2.08 bits per heavy atom. The van der Waals surface area contributed by atoms with E-state index in [0.717, 1.165) is 18.4 Å². The number of carboxylic acid groups (broad SMARTS) is 1. The number of carbonyl (C=O) groups excluding carboxylic acids is 1. The molecule has 3 rings (SSSR count). The number of hydrogen-bond acceptors (Lipinski definition) is 5. The lowest BCUT2D eigenvalue weighted by Crippen LogP contribution is -2.47. The van der Waals surface area contributed by atoms with Gasteiger partial charge >= 0.3 is 5.97 Å². The summed E-state index contributed by atoms with van der Waals surface area (Å²) in [4.78, 5) is 28.9. The van der Waals surface area contributed by atoms with Gasteiger partial charge in [0, 0.05) is 18.1 Å². The van der Waals surface area contributed by atoms with Crippen molar-refractivity contribution < 1.29 is 27.9 Å². The lowest BCUT2D eigenvalue weighted by atomic mass is 10.2. The van der Waals surface area contributed by atoms with Crippen LogP contribution in [-0.2, 0) is 4.79 Å². The molecule has 132 valence electrons. The smallest absolute Gasteiger partial charge is 0.305 e. The summed E-state index contributed by atoms with van der Waals surface area (Å²) >= 11 is 1.57. The summed E-state index contributed by atoms with van der Waals surface area (Å²) in [6, 6.07) is 2.88. The summed E-state index contributed by atoms with van der Waals surface area (Å²) in [6.07, 6.45) is 0.856. The van der Waals surface area contributed by atoms with E-state index in [4.69, 9.17) is 9.52 Å². The minimum atomic E-state index is -1.00. The second kappa shape index (κ2) is 7.22. The first-order valence-corrected chi connectivity index (χ1v) is 8.63.